The summed E-state index contributed by atoms with van der Waals surface area (Å²) < 4.78 is 2.03. The Morgan fingerprint density at radius 1 is 1.80 bits per heavy atom. The Hall–Kier alpha value is 0.510. The van der Waals surface area contributed by atoms with Crippen molar-refractivity contribution in [2.45, 2.75) is 18.9 Å². The van der Waals surface area contributed by atoms with Crippen molar-refractivity contribution in [1.29, 1.82) is 0 Å². The highest BCUT2D eigenvalue weighted by Crippen LogP contribution is 2.28. The summed E-state index contributed by atoms with van der Waals surface area (Å²) in [7, 11) is 1.57. The van der Waals surface area contributed by atoms with Gasteiger partial charge in [0.15, 0.2) is 0 Å². The smallest absolute Gasteiger partial charge is 0.235 e. The second-order valence-corrected chi connectivity index (χ2v) is 4.06. The van der Waals surface area contributed by atoms with Gasteiger partial charge in [-0.1, -0.05) is 0 Å². The van der Waals surface area contributed by atoms with Crippen LogP contribution in [0.25, 0.3) is 0 Å². The molecule has 1 atom stereocenters. The van der Waals surface area contributed by atoms with Crippen LogP contribution in [0.3, 0.4) is 0 Å². The van der Waals surface area contributed by atoms with Gasteiger partial charge in [-0.05, 0) is 22.0 Å². The fourth-order valence-electron chi connectivity index (χ4n) is 1.11. The minimum absolute atomic E-state index is 0.0260. The first-order chi connectivity index (χ1) is 4.75. The summed E-state index contributed by atoms with van der Waals surface area (Å²) in [6.45, 7) is 0.987. The molecule has 1 fully saturated rings. The van der Waals surface area contributed by atoms with Gasteiger partial charge in [-0.25, -0.2) is 4.31 Å². The van der Waals surface area contributed by atoms with Crippen molar-refractivity contribution >= 4 is 36.2 Å². The Balaban J connectivity index is 2.50. The third-order valence-corrected chi connectivity index (χ3v) is 3.75. The van der Waals surface area contributed by atoms with E-state index in [0.717, 1.165) is 19.4 Å². The lowest BCUT2D eigenvalue weighted by atomic mass is 10.2. The van der Waals surface area contributed by atoms with Crippen LogP contribution in [0.15, 0.2) is 0 Å². The van der Waals surface area contributed by atoms with Gasteiger partial charge in [0.05, 0.1) is 6.04 Å². The Morgan fingerprint density at radius 2 is 2.50 bits per heavy atom. The molecule has 0 aliphatic carbocycles. The van der Waals surface area contributed by atoms with E-state index in [1.165, 1.54) is 0 Å². The maximum absolute atomic E-state index is 10.7. The zero-order valence-electron chi connectivity index (χ0n) is 5.42. The third-order valence-electron chi connectivity index (χ3n) is 1.62. The SMILES string of the molecule is NC(=O)C1CCCN1SI. The molecule has 0 bridgehead atoms. The number of nitrogens with zero attached hydrogens (tertiary/aromatic N) is 1. The van der Waals surface area contributed by atoms with Crippen molar-refractivity contribution in [2.75, 3.05) is 6.54 Å². The van der Waals surface area contributed by atoms with Gasteiger partial charge < -0.3 is 5.73 Å². The fourth-order valence-corrected chi connectivity index (χ4v) is 3.03. The van der Waals surface area contributed by atoms with Crippen LogP contribution in [0.5, 0.6) is 0 Å². The number of rotatable bonds is 2. The van der Waals surface area contributed by atoms with Gasteiger partial charge in [0.25, 0.3) is 0 Å². The van der Waals surface area contributed by atoms with Crippen LogP contribution in [0.4, 0.5) is 0 Å². The van der Waals surface area contributed by atoms with Crippen LogP contribution < -0.4 is 5.73 Å². The van der Waals surface area contributed by atoms with Gasteiger partial charge in [-0.3, -0.25) is 4.79 Å². The van der Waals surface area contributed by atoms with E-state index in [4.69, 9.17) is 5.73 Å². The van der Waals surface area contributed by atoms with Gasteiger partial charge in [0.1, 0.15) is 0 Å². The van der Waals surface area contributed by atoms with Gasteiger partial charge >= 0.3 is 0 Å². The zero-order valence-corrected chi connectivity index (χ0v) is 8.39. The van der Waals surface area contributed by atoms with E-state index in [-0.39, 0.29) is 11.9 Å². The van der Waals surface area contributed by atoms with Crippen molar-refractivity contribution in [3.05, 3.63) is 0 Å². The monoisotopic (exact) mass is 272 g/mol. The Kier molecular flexibility index (Phi) is 3.25. The highest BCUT2D eigenvalue weighted by molar-refractivity contribution is 14.2. The van der Waals surface area contributed by atoms with Crippen LogP contribution in [0.2, 0.25) is 0 Å². The lowest BCUT2D eigenvalue weighted by Crippen LogP contribution is -2.35. The van der Waals surface area contributed by atoms with Crippen LogP contribution in [0, 0.1) is 0 Å². The van der Waals surface area contributed by atoms with Crippen LogP contribution in [0.1, 0.15) is 12.8 Å². The molecule has 10 heavy (non-hydrogen) atoms. The molecule has 1 amide bonds. The van der Waals surface area contributed by atoms with Gasteiger partial charge in [-0.15, -0.1) is 0 Å². The standard InChI is InChI=1S/C5H9IN2OS/c6-10-8-3-1-2-4(8)5(7)9/h4H,1-3H2,(H2,7,9). The van der Waals surface area contributed by atoms with Crippen molar-refractivity contribution in [1.82, 2.24) is 4.31 Å². The van der Waals surface area contributed by atoms with E-state index < -0.39 is 0 Å². The van der Waals surface area contributed by atoms with E-state index in [0.29, 0.717) is 0 Å². The summed E-state index contributed by atoms with van der Waals surface area (Å²) >= 11 is 2.17. The summed E-state index contributed by atoms with van der Waals surface area (Å²) in [6.07, 6.45) is 2.01. The molecule has 0 spiro atoms. The maximum atomic E-state index is 10.7. The van der Waals surface area contributed by atoms with E-state index in [1.54, 1.807) is 9.12 Å². The van der Waals surface area contributed by atoms with Gasteiger partial charge in [0.2, 0.25) is 5.91 Å². The second kappa shape index (κ2) is 3.77. The predicted octanol–water partition coefficient (Wildman–Crippen LogP) is 0.934. The van der Waals surface area contributed by atoms with E-state index >= 15 is 0 Å². The largest absolute Gasteiger partial charge is 0.368 e. The first kappa shape index (κ1) is 8.61. The fraction of sp³-hybridized carbons (Fsp3) is 0.800. The van der Waals surface area contributed by atoms with Gasteiger partial charge in [-0.2, -0.15) is 0 Å². The maximum Gasteiger partial charge on any atom is 0.235 e. The summed E-state index contributed by atoms with van der Waals surface area (Å²) in [6, 6.07) is -0.0260. The van der Waals surface area contributed by atoms with Crippen LogP contribution in [-0.2, 0) is 4.79 Å². The molecule has 1 heterocycles. The molecule has 0 aromatic heterocycles. The predicted molar refractivity (Wildman–Crippen MR) is 50.5 cm³/mol. The molecule has 0 aromatic rings. The molecule has 0 radical (unpaired) electrons. The zero-order chi connectivity index (χ0) is 7.56. The average molecular weight is 272 g/mol. The molecule has 0 aromatic carbocycles. The quantitative estimate of drug-likeness (QED) is 0.601. The van der Waals surface area contributed by atoms with Crippen molar-refractivity contribution in [3.63, 3.8) is 0 Å². The minimum Gasteiger partial charge on any atom is -0.368 e. The lowest BCUT2D eigenvalue weighted by Gasteiger charge is -2.15. The first-order valence-electron chi connectivity index (χ1n) is 3.10. The number of halogens is 1. The third kappa shape index (κ3) is 1.76. The molecular weight excluding hydrogens is 263 g/mol. The lowest BCUT2D eigenvalue weighted by molar-refractivity contribution is -0.120. The van der Waals surface area contributed by atoms with Gasteiger partial charge in [0, 0.05) is 27.8 Å². The number of hydrogen-bond donors (Lipinski definition) is 1. The number of nitrogens with two attached hydrogens (primary N) is 1. The number of amides is 1. The van der Waals surface area contributed by atoms with Crippen LogP contribution in [-0.4, -0.2) is 22.8 Å². The highest BCUT2D eigenvalue weighted by Gasteiger charge is 2.28. The molecule has 2 N–H and O–H groups in total. The first-order valence-corrected chi connectivity index (χ1v) is 6.42. The summed E-state index contributed by atoms with van der Waals surface area (Å²) in [4.78, 5) is 10.7. The van der Waals surface area contributed by atoms with Crippen molar-refractivity contribution < 1.29 is 4.79 Å². The number of carbonyl (C=O) groups excluding carboxylic acids is 1. The van der Waals surface area contributed by atoms with E-state index in [9.17, 15) is 4.79 Å². The molecular formula is C5H9IN2OS. The molecule has 1 unspecified atom stereocenters. The number of carbonyl (C=O) groups is 1. The van der Waals surface area contributed by atoms with Crippen molar-refractivity contribution in [2.24, 2.45) is 5.73 Å². The van der Waals surface area contributed by atoms with E-state index in [2.05, 4.69) is 21.2 Å². The summed E-state index contributed by atoms with van der Waals surface area (Å²) in [5, 5.41) is 0. The molecule has 5 heteroatoms. The molecule has 1 aliphatic rings. The Bertz CT molecular complexity index is 144. The molecule has 1 rings (SSSR count). The number of hydrogen-bond acceptors (Lipinski definition) is 3. The minimum atomic E-state index is -0.193. The Labute approximate surface area is 76.4 Å². The molecule has 0 saturated carbocycles. The van der Waals surface area contributed by atoms with E-state index in [1.807, 2.05) is 4.31 Å². The molecule has 58 valence electrons. The summed E-state index contributed by atoms with van der Waals surface area (Å²) in [5.41, 5.74) is 5.17. The normalized spacial score (nSPS) is 27.1. The van der Waals surface area contributed by atoms with Crippen molar-refractivity contribution in [3.8, 4) is 0 Å². The van der Waals surface area contributed by atoms with Crippen LogP contribution >= 0.6 is 30.3 Å². The molecule has 1 aliphatic heterocycles. The molecule has 1 saturated heterocycles. The topological polar surface area (TPSA) is 46.3 Å². The Morgan fingerprint density at radius 3 is 2.90 bits per heavy atom. The molecule has 3 nitrogen and oxygen atoms in total. The summed E-state index contributed by atoms with van der Waals surface area (Å²) in [5.74, 6) is -0.193. The highest BCUT2D eigenvalue weighted by atomic mass is 127. The second-order valence-electron chi connectivity index (χ2n) is 2.27. The average Bonchev–Trinajstić information content (AvgIpc) is 2.33. The number of primary amides is 1.